The zero-order valence-electron chi connectivity index (χ0n) is 9.64. The molecule has 0 atom stereocenters. The number of rotatable bonds is 3. The van der Waals surface area contributed by atoms with E-state index in [1.54, 1.807) is 0 Å². The number of carbonyl (C=O) groups is 1. The van der Waals surface area contributed by atoms with E-state index < -0.39 is 30.4 Å². The van der Waals surface area contributed by atoms with E-state index in [-0.39, 0.29) is 10.5 Å². The maximum Gasteiger partial charge on any atom is 0.463 e. The Labute approximate surface area is 104 Å². The van der Waals surface area contributed by atoms with Gasteiger partial charge in [0, 0.05) is 19.2 Å². The third-order valence-electron chi connectivity index (χ3n) is 2.34. The number of carbonyl (C=O) groups excluding carboxylic acids is 1. The summed E-state index contributed by atoms with van der Waals surface area (Å²) in [5.74, 6) is -8.71. The standard InChI is InChI=1S/C11H9F6NO/c1-18(6-7-4-2-3-5-8(7)12)9(19)10(13,14)11(15,16)17/h2-5H,6H2,1H3. The van der Waals surface area contributed by atoms with Crippen molar-refractivity contribution in [3.8, 4) is 0 Å². The van der Waals surface area contributed by atoms with Crippen molar-refractivity contribution >= 4 is 5.91 Å². The fraction of sp³-hybridized carbons (Fsp3) is 0.364. The molecule has 0 heterocycles. The molecular formula is C11H9F6NO. The van der Waals surface area contributed by atoms with Gasteiger partial charge in [-0.15, -0.1) is 0 Å². The lowest BCUT2D eigenvalue weighted by molar-refractivity contribution is -0.274. The van der Waals surface area contributed by atoms with E-state index in [4.69, 9.17) is 0 Å². The van der Waals surface area contributed by atoms with Crippen molar-refractivity contribution in [2.45, 2.75) is 18.6 Å². The highest BCUT2D eigenvalue weighted by atomic mass is 19.4. The zero-order chi connectivity index (χ0) is 14.8. The molecule has 0 fully saturated rings. The first-order chi connectivity index (χ1) is 8.57. The van der Waals surface area contributed by atoms with Gasteiger partial charge < -0.3 is 4.90 Å². The van der Waals surface area contributed by atoms with Gasteiger partial charge in [-0.25, -0.2) is 4.39 Å². The molecule has 19 heavy (non-hydrogen) atoms. The minimum Gasteiger partial charge on any atom is -0.336 e. The van der Waals surface area contributed by atoms with Crippen molar-refractivity contribution < 1.29 is 31.1 Å². The first-order valence-electron chi connectivity index (χ1n) is 5.01. The Morgan fingerprint density at radius 1 is 1.16 bits per heavy atom. The van der Waals surface area contributed by atoms with Crippen LogP contribution in [0.3, 0.4) is 0 Å². The SMILES string of the molecule is CN(Cc1ccccc1F)C(=O)C(F)(F)C(F)(F)F. The molecule has 0 aliphatic heterocycles. The second-order valence-corrected chi connectivity index (χ2v) is 3.82. The molecule has 0 radical (unpaired) electrons. The lowest BCUT2D eigenvalue weighted by Gasteiger charge is -2.25. The van der Waals surface area contributed by atoms with Crippen molar-refractivity contribution in [1.29, 1.82) is 0 Å². The average Bonchev–Trinajstić information content (AvgIpc) is 2.29. The van der Waals surface area contributed by atoms with E-state index in [1.807, 2.05) is 0 Å². The van der Waals surface area contributed by atoms with Crippen molar-refractivity contribution in [3.05, 3.63) is 35.6 Å². The van der Waals surface area contributed by atoms with Crippen LogP contribution in [0.25, 0.3) is 0 Å². The van der Waals surface area contributed by atoms with Crippen LogP contribution in [0.15, 0.2) is 24.3 Å². The van der Waals surface area contributed by atoms with Gasteiger partial charge in [-0.2, -0.15) is 22.0 Å². The average molecular weight is 285 g/mol. The molecule has 0 N–H and O–H groups in total. The van der Waals surface area contributed by atoms with Gasteiger partial charge in [0.1, 0.15) is 5.82 Å². The van der Waals surface area contributed by atoms with Crippen LogP contribution in [0, 0.1) is 5.82 Å². The van der Waals surface area contributed by atoms with Crippen LogP contribution >= 0.6 is 0 Å². The molecule has 0 aliphatic rings. The molecule has 0 aromatic heterocycles. The molecule has 8 heteroatoms. The smallest absolute Gasteiger partial charge is 0.336 e. The van der Waals surface area contributed by atoms with Crippen LogP contribution in [0.4, 0.5) is 26.3 Å². The molecule has 0 saturated heterocycles. The number of amides is 1. The number of alkyl halides is 5. The summed E-state index contributed by atoms with van der Waals surface area (Å²) in [6, 6.07) is 4.89. The number of nitrogens with zero attached hydrogens (tertiary/aromatic N) is 1. The van der Waals surface area contributed by atoms with Crippen LogP contribution in [0.2, 0.25) is 0 Å². The van der Waals surface area contributed by atoms with E-state index in [1.165, 1.54) is 18.2 Å². The maximum absolute atomic E-state index is 13.2. The molecule has 0 saturated carbocycles. The Morgan fingerprint density at radius 2 is 1.68 bits per heavy atom. The van der Waals surface area contributed by atoms with Crippen molar-refractivity contribution in [2.24, 2.45) is 0 Å². The Kier molecular flexibility index (Phi) is 4.12. The largest absolute Gasteiger partial charge is 0.463 e. The first kappa shape index (κ1) is 15.3. The third-order valence-corrected chi connectivity index (χ3v) is 2.34. The minimum absolute atomic E-state index is 0.131. The van der Waals surface area contributed by atoms with E-state index in [9.17, 15) is 31.1 Å². The Balaban J connectivity index is 2.88. The molecule has 106 valence electrons. The summed E-state index contributed by atoms with van der Waals surface area (Å²) in [5, 5.41) is 0. The fourth-order valence-corrected chi connectivity index (χ4v) is 1.31. The number of halogens is 6. The highest BCUT2D eigenvalue weighted by Crippen LogP contribution is 2.36. The van der Waals surface area contributed by atoms with Gasteiger partial charge in [0.15, 0.2) is 0 Å². The number of benzene rings is 1. The van der Waals surface area contributed by atoms with Gasteiger partial charge >= 0.3 is 18.0 Å². The van der Waals surface area contributed by atoms with Gasteiger partial charge in [-0.1, -0.05) is 18.2 Å². The zero-order valence-corrected chi connectivity index (χ0v) is 9.64. The van der Waals surface area contributed by atoms with Gasteiger partial charge in [-0.05, 0) is 6.07 Å². The maximum atomic E-state index is 13.2. The van der Waals surface area contributed by atoms with Crippen molar-refractivity contribution in [3.63, 3.8) is 0 Å². The monoisotopic (exact) mass is 285 g/mol. The summed E-state index contributed by atoms with van der Waals surface area (Å²) in [4.78, 5) is 11.2. The molecule has 0 spiro atoms. The predicted octanol–water partition coefficient (Wildman–Crippen LogP) is 2.98. The Morgan fingerprint density at radius 3 is 2.16 bits per heavy atom. The summed E-state index contributed by atoms with van der Waals surface area (Å²) in [6.45, 7) is -0.683. The molecule has 1 aromatic rings. The van der Waals surface area contributed by atoms with E-state index in [0.717, 1.165) is 13.1 Å². The Hall–Kier alpha value is -1.73. The highest BCUT2D eigenvalue weighted by molar-refractivity contribution is 5.84. The molecule has 1 aromatic carbocycles. The van der Waals surface area contributed by atoms with Crippen LogP contribution in [-0.4, -0.2) is 30.0 Å². The summed E-state index contributed by atoms with van der Waals surface area (Å²) >= 11 is 0. The van der Waals surface area contributed by atoms with Gasteiger partial charge in [0.2, 0.25) is 0 Å². The highest BCUT2D eigenvalue weighted by Gasteiger charge is 2.64. The topological polar surface area (TPSA) is 20.3 Å². The lowest BCUT2D eigenvalue weighted by Crippen LogP contribution is -2.50. The minimum atomic E-state index is -5.98. The lowest BCUT2D eigenvalue weighted by atomic mass is 10.2. The van der Waals surface area contributed by atoms with Gasteiger partial charge in [0.25, 0.3) is 0 Å². The fourth-order valence-electron chi connectivity index (χ4n) is 1.31. The molecule has 0 unspecified atom stereocenters. The van der Waals surface area contributed by atoms with Crippen LogP contribution in [-0.2, 0) is 11.3 Å². The van der Waals surface area contributed by atoms with Crippen LogP contribution in [0.1, 0.15) is 5.56 Å². The summed E-state index contributed by atoms with van der Waals surface area (Å²) in [5.41, 5.74) is -0.156. The first-order valence-corrected chi connectivity index (χ1v) is 5.01. The van der Waals surface area contributed by atoms with Crippen LogP contribution in [0.5, 0.6) is 0 Å². The quantitative estimate of drug-likeness (QED) is 0.782. The molecule has 2 nitrogen and oxygen atoms in total. The molecule has 1 amide bonds. The second kappa shape index (κ2) is 5.10. The molecular weight excluding hydrogens is 276 g/mol. The predicted molar refractivity (Wildman–Crippen MR) is 53.9 cm³/mol. The summed E-state index contributed by atoms with van der Waals surface area (Å²) in [6.07, 6.45) is -5.98. The second-order valence-electron chi connectivity index (χ2n) is 3.82. The van der Waals surface area contributed by atoms with Crippen LogP contribution < -0.4 is 0 Å². The van der Waals surface area contributed by atoms with Crippen molar-refractivity contribution in [1.82, 2.24) is 4.90 Å². The molecule has 0 bridgehead atoms. The summed E-state index contributed by atoms with van der Waals surface area (Å²) in [7, 11) is 0.744. The normalized spacial score (nSPS) is 12.4. The van der Waals surface area contributed by atoms with E-state index in [0.29, 0.717) is 0 Å². The van der Waals surface area contributed by atoms with Crippen molar-refractivity contribution in [2.75, 3.05) is 7.05 Å². The number of hydrogen-bond acceptors (Lipinski definition) is 1. The molecule has 0 aliphatic carbocycles. The molecule has 1 rings (SSSR count). The van der Waals surface area contributed by atoms with Gasteiger partial charge in [-0.3, -0.25) is 4.79 Å². The number of hydrogen-bond donors (Lipinski definition) is 0. The summed E-state index contributed by atoms with van der Waals surface area (Å²) < 4.78 is 74.7. The third kappa shape index (κ3) is 3.18. The van der Waals surface area contributed by atoms with E-state index in [2.05, 4.69) is 0 Å². The Bertz CT molecular complexity index is 470. The van der Waals surface area contributed by atoms with E-state index >= 15 is 0 Å². The van der Waals surface area contributed by atoms with Gasteiger partial charge in [0.05, 0.1) is 0 Å².